The number of nitrogens with one attached hydrogen (secondary N) is 1. The van der Waals surface area contributed by atoms with Crippen LogP contribution in [0.25, 0.3) is 0 Å². The molecule has 8 heteroatoms. The number of halogens is 3. The van der Waals surface area contributed by atoms with Crippen molar-refractivity contribution in [3.63, 3.8) is 0 Å². The van der Waals surface area contributed by atoms with Gasteiger partial charge in [-0.05, 0) is 18.2 Å². The van der Waals surface area contributed by atoms with E-state index < -0.39 is 13.1 Å². The lowest BCUT2D eigenvalue weighted by atomic mass is 9.69. The number of urea groups is 1. The number of hydrogen-bond acceptors (Lipinski definition) is 2. The van der Waals surface area contributed by atoms with E-state index in [1.54, 1.807) is 24.3 Å². The van der Waals surface area contributed by atoms with Crippen molar-refractivity contribution in [2.24, 2.45) is 0 Å². The normalized spacial score (nSPS) is 14.0. The van der Waals surface area contributed by atoms with Crippen LogP contribution in [-0.2, 0) is 0 Å². The zero-order valence-corrected chi connectivity index (χ0v) is 12.7. The van der Waals surface area contributed by atoms with Crippen LogP contribution in [0.4, 0.5) is 16.2 Å². The quantitative estimate of drug-likeness (QED) is 0.617. The fourth-order valence-corrected chi connectivity index (χ4v) is 2.94. The Morgan fingerprint density at radius 3 is 2.43 bits per heavy atom. The Bertz CT molecular complexity index is 727. The lowest BCUT2D eigenvalue weighted by Crippen LogP contribution is -2.58. The predicted molar refractivity (Wildman–Crippen MR) is 87.0 cm³/mol. The lowest BCUT2D eigenvalue weighted by molar-refractivity contribution is 0.259. The summed E-state index contributed by atoms with van der Waals surface area (Å²) in [6.45, 7) is 0. The van der Waals surface area contributed by atoms with Gasteiger partial charge in [0.1, 0.15) is 0 Å². The standard InChI is InChI=1S/C13H8BCl3N2O2/c15-8-6-9-10(12(17)11(8)16)14(21)19(13(20)18-9)7-4-2-1-3-5-7/h1-6,21H,(H,18,20). The number of hydrogen-bond donors (Lipinski definition) is 2. The molecule has 1 aliphatic rings. The summed E-state index contributed by atoms with van der Waals surface area (Å²) in [7, 11) is -1.25. The molecule has 0 fully saturated rings. The second-order valence-corrected chi connectivity index (χ2v) is 5.62. The van der Waals surface area contributed by atoms with Gasteiger partial charge in [-0.15, -0.1) is 0 Å². The number of para-hydroxylation sites is 1. The third-order valence-electron chi connectivity index (χ3n) is 3.20. The minimum Gasteiger partial charge on any atom is -0.428 e. The van der Waals surface area contributed by atoms with E-state index in [1.165, 1.54) is 10.9 Å². The molecule has 4 nitrogen and oxygen atoms in total. The second kappa shape index (κ2) is 5.42. The molecule has 0 atom stereocenters. The molecule has 0 aromatic heterocycles. The summed E-state index contributed by atoms with van der Waals surface area (Å²) in [4.78, 5) is 13.4. The molecule has 0 aliphatic carbocycles. The molecule has 1 heterocycles. The molecule has 0 radical (unpaired) electrons. The highest BCUT2D eigenvalue weighted by molar-refractivity contribution is 6.79. The van der Waals surface area contributed by atoms with Crippen molar-refractivity contribution in [2.75, 3.05) is 10.1 Å². The van der Waals surface area contributed by atoms with E-state index in [9.17, 15) is 9.82 Å². The van der Waals surface area contributed by atoms with Crippen molar-refractivity contribution in [3.05, 3.63) is 51.5 Å². The van der Waals surface area contributed by atoms with Crippen molar-refractivity contribution >= 4 is 64.7 Å². The van der Waals surface area contributed by atoms with Crippen LogP contribution in [0.5, 0.6) is 0 Å². The molecule has 21 heavy (non-hydrogen) atoms. The molecule has 0 saturated carbocycles. The van der Waals surface area contributed by atoms with Gasteiger partial charge in [-0.25, -0.2) is 4.79 Å². The minimum absolute atomic E-state index is 0.118. The third kappa shape index (κ3) is 2.36. The SMILES string of the molecule is O=C1Nc2cc(Cl)c(Cl)c(Cl)c2B(O)N1c1ccccc1. The van der Waals surface area contributed by atoms with E-state index in [0.29, 0.717) is 16.8 Å². The first-order chi connectivity index (χ1) is 10.0. The number of amides is 2. The summed E-state index contributed by atoms with van der Waals surface area (Å²) < 4.78 is 0. The second-order valence-electron chi connectivity index (χ2n) is 4.46. The Labute approximate surface area is 136 Å². The highest BCUT2D eigenvalue weighted by Gasteiger charge is 2.39. The van der Waals surface area contributed by atoms with Crippen LogP contribution in [0.1, 0.15) is 0 Å². The molecule has 1 aliphatic heterocycles. The first kappa shape index (κ1) is 14.5. The van der Waals surface area contributed by atoms with Crippen molar-refractivity contribution in [1.82, 2.24) is 0 Å². The molecule has 0 saturated heterocycles. The van der Waals surface area contributed by atoms with Gasteiger partial charge in [-0.3, -0.25) is 0 Å². The van der Waals surface area contributed by atoms with Gasteiger partial charge < -0.3 is 15.2 Å². The Kier molecular flexibility index (Phi) is 3.76. The topological polar surface area (TPSA) is 52.6 Å². The summed E-state index contributed by atoms with van der Waals surface area (Å²) in [6, 6.07) is 9.75. The zero-order valence-electron chi connectivity index (χ0n) is 10.5. The Morgan fingerprint density at radius 2 is 1.76 bits per heavy atom. The average Bonchev–Trinajstić information content (AvgIpc) is 2.45. The Balaban J connectivity index is 2.15. The van der Waals surface area contributed by atoms with E-state index in [4.69, 9.17) is 34.8 Å². The largest absolute Gasteiger partial charge is 0.461 e. The van der Waals surface area contributed by atoms with Crippen LogP contribution in [0.15, 0.2) is 36.4 Å². The summed E-state index contributed by atoms with van der Waals surface area (Å²) >= 11 is 18.1. The number of rotatable bonds is 1. The van der Waals surface area contributed by atoms with Crippen LogP contribution in [0.2, 0.25) is 15.1 Å². The number of carbonyl (C=O) groups excluding carboxylic acids is 1. The molecule has 2 N–H and O–H groups in total. The molecule has 106 valence electrons. The van der Waals surface area contributed by atoms with Crippen molar-refractivity contribution < 1.29 is 9.82 Å². The van der Waals surface area contributed by atoms with Crippen molar-refractivity contribution in [1.29, 1.82) is 0 Å². The van der Waals surface area contributed by atoms with E-state index in [-0.39, 0.29) is 15.1 Å². The van der Waals surface area contributed by atoms with Gasteiger partial charge in [0, 0.05) is 16.8 Å². The maximum absolute atomic E-state index is 12.2. The van der Waals surface area contributed by atoms with Crippen LogP contribution in [0, 0.1) is 0 Å². The van der Waals surface area contributed by atoms with Gasteiger partial charge in [0.2, 0.25) is 0 Å². The molecule has 2 aromatic carbocycles. The number of nitrogens with zero attached hydrogens (tertiary/aromatic N) is 1. The first-order valence-electron chi connectivity index (χ1n) is 6.01. The summed E-state index contributed by atoms with van der Waals surface area (Å²) in [6.07, 6.45) is 0. The smallest absolute Gasteiger partial charge is 0.428 e. The lowest BCUT2D eigenvalue weighted by Gasteiger charge is -2.32. The molecule has 0 unspecified atom stereocenters. The van der Waals surface area contributed by atoms with Gasteiger partial charge in [-0.2, -0.15) is 0 Å². The molecule has 0 bridgehead atoms. The van der Waals surface area contributed by atoms with Crippen LogP contribution < -0.4 is 15.6 Å². The van der Waals surface area contributed by atoms with Crippen molar-refractivity contribution in [2.45, 2.75) is 0 Å². The highest BCUT2D eigenvalue weighted by Crippen LogP contribution is 2.34. The maximum atomic E-state index is 12.2. The maximum Gasteiger partial charge on any atom is 0.461 e. The van der Waals surface area contributed by atoms with E-state index >= 15 is 0 Å². The van der Waals surface area contributed by atoms with E-state index in [2.05, 4.69) is 5.32 Å². The molecule has 2 amide bonds. The van der Waals surface area contributed by atoms with E-state index in [0.717, 1.165) is 0 Å². The van der Waals surface area contributed by atoms with Gasteiger partial charge in [0.15, 0.2) is 0 Å². The Hall–Kier alpha value is -1.40. The number of fused-ring (bicyclic) bond motifs is 1. The third-order valence-corrected chi connectivity index (χ3v) is 4.47. The number of anilines is 2. The minimum atomic E-state index is -1.25. The number of benzene rings is 2. The van der Waals surface area contributed by atoms with Crippen molar-refractivity contribution in [3.8, 4) is 0 Å². The predicted octanol–water partition coefficient (Wildman–Crippen LogP) is 3.39. The molecule has 0 spiro atoms. The van der Waals surface area contributed by atoms with Crippen LogP contribution in [-0.4, -0.2) is 18.1 Å². The van der Waals surface area contributed by atoms with Gasteiger partial charge in [0.25, 0.3) is 0 Å². The fraction of sp³-hybridized carbons (Fsp3) is 0. The fourth-order valence-electron chi connectivity index (χ4n) is 2.23. The van der Waals surface area contributed by atoms with E-state index in [1.807, 2.05) is 6.07 Å². The highest BCUT2D eigenvalue weighted by atomic mass is 35.5. The van der Waals surface area contributed by atoms with Gasteiger partial charge in [0.05, 0.1) is 15.1 Å². The summed E-state index contributed by atoms with van der Waals surface area (Å²) in [5.74, 6) is 0. The van der Waals surface area contributed by atoms with Crippen LogP contribution in [0.3, 0.4) is 0 Å². The Morgan fingerprint density at radius 1 is 1.10 bits per heavy atom. The number of carbonyl (C=O) groups is 1. The molecular formula is C13H8BCl3N2O2. The monoisotopic (exact) mass is 340 g/mol. The summed E-state index contributed by atoms with van der Waals surface area (Å²) in [5.41, 5.74) is 1.20. The first-order valence-corrected chi connectivity index (χ1v) is 7.15. The van der Waals surface area contributed by atoms with Gasteiger partial charge in [-0.1, -0.05) is 53.0 Å². The average molecular weight is 341 g/mol. The summed E-state index contributed by atoms with van der Waals surface area (Å²) in [5, 5.41) is 13.6. The van der Waals surface area contributed by atoms with Gasteiger partial charge >= 0.3 is 13.1 Å². The zero-order chi connectivity index (χ0) is 15.1. The van der Waals surface area contributed by atoms with Crippen LogP contribution >= 0.6 is 34.8 Å². The molecular weight excluding hydrogens is 333 g/mol. The molecule has 3 rings (SSSR count). The molecule has 2 aromatic rings.